The summed E-state index contributed by atoms with van der Waals surface area (Å²) in [5.41, 5.74) is -1.17. The van der Waals surface area contributed by atoms with Crippen LogP contribution in [0.25, 0.3) is 5.70 Å². The first-order valence-corrected chi connectivity index (χ1v) is 12.0. The van der Waals surface area contributed by atoms with Crippen molar-refractivity contribution < 1.29 is 19.0 Å². The first-order chi connectivity index (χ1) is 12.6. The quantitative estimate of drug-likeness (QED) is 0.432. The zero-order valence-electron chi connectivity index (χ0n) is 15.7. The Balaban J connectivity index is 2.26. The molecule has 1 aromatic carbocycles. The first kappa shape index (κ1) is 19.2. The topological polar surface area (TPSA) is 105 Å². The van der Waals surface area contributed by atoms with Crippen LogP contribution in [0.2, 0.25) is 19.6 Å². The van der Waals surface area contributed by atoms with Gasteiger partial charge in [0.15, 0.2) is 6.10 Å². The second-order valence-electron chi connectivity index (χ2n) is 7.75. The van der Waals surface area contributed by atoms with Gasteiger partial charge in [-0.1, -0.05) is 18.2 Å². The average molecular weight is 390 g/mol. The van der Waals surface area contributed by atoms with E-state index in [1.165, 1.54) is 13.2 Å². The van der Waals surface area contributed by atoms with E-state index >= 15 is 0 Å². The highest BCUT2D eigenvalue weighted by molar-refractivity contribution is 6.70. The highest BCUT2D eigenvalue weighted by Crippen LogP contribution is 2.51. The van der Waals surface area contributed by atoms with Crippen LogP contribution in [0.1, 0.15) is 17.5 Å². The molecule has 8 nitrogen and oxygen atoms in total. The molecule has 3 rings (SSSR count). The number of allylic oxidation sites excluding steroid dienone is 1. The van der Waals surface area contributed by atoms with Gasteiger partial charge in [-0.2, -0.15) is 0 Å². The van der Waals surface area contributed by atoms with Crippen molar-refractivity contribution in [2.45, 2.75) is 37.7 Å². The number of benzene rings is 1. The maximum Gasteiger partial charge on any atom is 0.283 e. The molecule has 0 amide bonds. The average Bonchev–Trinajstić information content (AvgIpc) is 2.58. The van der Waals surface area contributed by atoms with Crippen LogP contribution in [0, 0.1) is 26.1 Å². The van der Waals surface area contributed by atoms with E-state index in [1.54, 1.807) is 30.3 Å². The van der Waals surface area contributed by atoms with Crippen molar-refractivity contribution in [2.75, 3.05) is 7.11 Å². The van der Waals surface area contributed by atoms with Crippen LogP contribution in [0.4, 0.5) is 0 Å². The number of hydrogen-bond donors (Lipinski definition) is 0. The summed E-state index contributed by atoms with van der Waals surface area (Å²) in [5, 5.41) is 24.0. The third-order valence-corrected chi connectivity index (χ3v) is 5.82. The molecular formula is C18H22N2O6Si. The third kappa shape index (κ3) is 3.06. The fraction of sp³-hybridized carbons (Fsp3) is 0.444. The fourth-order valence-electron chi connectivity index (χ4n) is 4.04. The predicted octanol–water partition coefficient (Wildman–Crippen LogP) is 3.56. The number of ether oxygens (including phenoxy) is 1. The van der Waals surface area contributed by atoms with Crippen LogP contribution in [-0.2, 0) is 14.7 Å². The second kappa shape index (κ2) is 6.57. The van der Waals surface area contributed by atoms with Gasteiger partial charge in [0, 0.05) is 30.1 Å². The SMILES string of the molecule is COC1C=C(O[Si](C)(C)C)C[C@@H]2C=C([N+](=O)[O-])c3ccccc3[C@]12[N+](=O)[O-]. The second-order valence-corrected chi connectivity index (χ2v) is 12.2. The fourth-order valence-corrected chi connectivity index (χ4v) is 4.97. The number of nitrogens with zero attached hydrogens (tertiary/aromatic N) is 2. The van der Waals surface area contributed by atoms with Crippen molar-refractivity contribution in [2.24, 2.45) is 5.92 Å². The Labute approximate surface area is 157 Å². The van der Waals surface area contributed by atoms with E-state index in [0.29, 0.717) is 11.3 Å². The van der Waals surface area contributed by atoms with E-state index in [2.05, 4.69) is 0 Å². The maximum absolute atomic E-state index is 12.4. The molecule has 0 heterocycles. The highest BCUT2D eigenvalue weighted by atomic mass is 28.4. The van der Waals surface area contributed by atoms with Gasteiger partial charge in [0.2, 0.25) is 8.32 Å². The molecule has 2 aliphatic carbocycles. The van der Waals surface area contributed by atoms with Crippen molar-refractivity contribution in [3.8, 4) is 0 Å². The number of rotatable bonds is 5. The minimum Gasteiger partial charge on any atom is -0.547 e. The van der Waals surface area contributed by atoms with Gasteiger partial charge in [-0.3, -0.25) is 20.2 Å². The first-order valence-electron chi connectivity index (χ1n) is 8.64. The molecule has 0 aromatic heterocycles. The molecule has 0 radical (unpaired) electrons. The third-order valence-electron chi connectivity index (χ3n) is 4.94. The summed E-state index contributed by atoms with van der Waals surface area (Å²) in [6.45, 7) is 6.04. The summed E-state index contributed by atoms with van der Waals surface area (Å²) >= 11 is 0. The van der Waals surface area contributed by atoms with Gasteiger partial charge in [0.05, 0.1) is 22.2 Å². The van der Waals surface area contributed by atoms with E-state index in [-0.39, 0.29) is 22.6 Å². The van der Waals surface area contributed by atoms with Crippen LogP contribution < -0.4 is 0 Å². The van der Waals surface area contributed by atoms with E-state index in [1.807, 2.05) is 19.6 Å². The molecule has 0 saturated carbocycles. The Kier molecular flexibility index (Phi) is 4.69. The molecule has 0 fully saturated rings. The van der Waals surface area contributed by atoms with Crippen LogP contribution in [0.3, 0.4) is 0 Å². The van der Waals surface area contributed by atoms with Gasteiger partial charge in [0.25, 0.3) is 11.2 Å². The molecule has 27 heavy (non-hydrogen) atoms. The van der Waals surface area contributed by atoms with Crippen molar-refractivity contribution in [1.82, 2.24) is 0 Å². The van der Waals surface area contributed by atoms with E-state index in [9.17, 15) is 20.2 Å². The van der Waals surface area contributed by atoms with E-state index in [4.69, 9.17) is 9.16 Å². The van der Waals surface area contributed by atoms with Crippen molar-refractivity contribution in [1.29, 1.82) is 0 Å². The van der Waals surface area contributed by atoms with Gasteiger partial charge < -0.3 is 9.16 Å². The monoisotopic (exact) mass is 390 g/mol. The summed E-state index contributed by atoms with van der Waals surface area (Å²) < 4.78 is 11.6. The van der Waals surface area contributed by atoms with Crippen LogP contribution in [0.5, 0.6) is 0 Å². The van der Waals surface area contributed by atoms with E-state index < -0.39 is 30.8 Å². The molecule has 3 atom stereocenters. The normalized spacial score (nSPS) is 27.0. The molecule has 144 valence electrons. The lowest BCUT2D eigenvalue weighted by Gasteiger charge is -2.42. The molecule has 0 spiro atoms. The summed E-state index contributed by atoms with van der Waals surface area (Å²) in [6, 6.07) is 6.45. The Bertz CT molecular complexity index is 860. The highest BCUT2D eigenvalue weighted by Gasteiger charge is 2.63. The summed E-state index contributed by atoms with van der Waals surface area (Å²) in [5.74, 6) is -0.147. The van der Waals surface area contributed by atoms with Crippen LogP contribution in [0.15, 0.2) is 42.2 Å². The number of nitro groups is 2. The van der Waals surface area contributed by atoms with Gasteiger partial charge in [-0.05, 0) is 31.8 Å². The zero-order chi connectivity index (χ0) is 20.0. The van der Waals surface area contributed by atoms with Gasteiger partial charge >= 0.3 is 0 Å². The molecule has 1 unspecified atom stereocenters. The minimum atomic E-state index is -1.95. The van der Waals surface area contributed by atoms with Crippen LogP contribution in [-0.4, -0.2) is 31.4 Å². The summed E-state index contributed by atoms with van der Waals surface area (Å²) in [4.78, 5) is 23.2. The molecule has 2 aliphatic rings. The zero-order valence-corrected chi connectivity index (χ0v) is 16.7. The lowest BCUT2D eigenvalue weighted by Crippen LogP contribution is -2.56. The molecule has 9 heteroatoms. The Morgan fingerprint density at radius 3 is 2.37 bits per heavy atom. The summed E-state index contributed by atoms with van der Waals surface area (Å²) in [7, 11) is -0.541. The molecule has 0 aliphatic heterocycles. The maximum atomic E-state index is 12.4. The standard InChI is InChI=1S/C18H22N2O6Si/c1-25-17-11-13(26-27(2,3)4)9-12-10-16(19(21)22)14-7-5-6-8-15(14)18(12,17)20(23)24/h5-8,10-12,17H,9H2,1-4H3/t12-,17?,18+/m1/s1. The molecular weight excluding hydrogens is 368 g/mol. The lowest BCUT2D eigenvalue weighted by molar-refractivity contribution is -0.601. The molecule has 1 aromatic rings. The number of fused-ring (bicyclic) bond motifs is 3. The van der Waals surface area contributed by atoms with Gasteiger partial charge in [-0.15, -0.1) is 0 Å². The van der Waals surface area contributed by atoms with Crippen molar-refractivity contribution in [3.05, 3.63) is 73.5 Å². The lowest BCUT2D eigenvalue weighted by atomic mass is 9.65. The summed E-state index contributed by atoms with van der Waals surface area (Å²) in [6.07, 6.45) is 2.39. The van der Waals surface area contributed by atoms with Gasteiger partial charge in [0.1, 0.15) is 0 Å². The Hall–Kier alpha value is -2.52. The largest absolute Gasteiger partial charge is 0.547 e. The smallest absolute Gasteiger partial charge is 0.283 e. The number of hydrogen-bond acceptors (Lipinski definition) is 6. The van der Waals surface area contributed by atoms with E-state index in [0.717, 1.165) is 0 Å². The Morgan fingerprint density at radius 2 is 1.81 bits per heavy atom. The Morgan fingerprint density at radius 1 is 1.15 bits per heavy atom. The number of methoxy groups -OCH3 is 1. The molecule has 0 bridgehead atoms. The van der Waals surface area contributed by atoms with Gasteiger partial charge in [-0.25, -0.2) is 0 Å². The van der Waals surface area contributed by atoms with Crippen LogP contribution >= 0.6 is 0 Å². The predicted molar refractivity (Wildman–Crippen MR) is 102 cm³/mol. The van der Waals surface area contributed by atoms with Crippen molar-refractivity contribution in [3.63, 3.8) is 0 Å². The van der Waals surface area contributed by atoms with Crippen molar-refractivity contribution >= 4 is 14.0 Å². The molecule has 0 saturated heterocycles. The minimum absolute atomic E-state index is 0.114. The molecule has 0 N–H and O–H groups in total.